The Bertz CT molecular complexity index is 534. The van der Waals surface area contributed by atoms with Crippen LogP contribution in [-0.4, -0.2) is 35.5 Å². The molecule has 5 fully saturated rings. The molecule has 5 nitrogen and oxygen atoms in total. The topological polar surface area (TPSA) is 61.8 Å². The van der Waals surface area contributed by atoms with Crippen LogP contribution >= 0.6 is 0 Å². The van der Waals surface area contributed by atoms with Gasteiger partial charge < -0.3 is 4.90 Å². The van der Waals surface area contributed by atoms with E-state index in [1.807, 2.05) is 6.92 Å². The lowest BCUT2D eigenvalue weighted by molar-refractivity contribution is -0.133. The minimum Gasteiger partial charge on any atom is -0.333 e. The molecule has 5 rings (SSSR count). The molecule has 1 N–H and O–H groups in total. The van der Waals surface area contributed by atoms with Crippen molar-refractivity contribution < 1.29 is 9.59 Å². The molecule has 1 heterocycles. The third-order valence-corrected chi connectivity index (χ3v) is 6.67. The fourth-order valence-electron chi connectivity index (χ4n) is 6.33. The van der Waals surface area contributed by atoms with Crippen molar-refractivity contribution in [3.8, 4) is 0 Å². The Balaban J connectivity index is 1.31. The standard InChI is InChI=1S/C19H29N3O2/c1-13(20-21-17(23)12-22-4-2-3-18(22)24)8-19-9-14-5-15(10-19)7-16(6-14)11-19/h14-16H,2-12H2,1H3,(H,21,23). The second-order valence-electron chi connectivity index (χ2n) is 8.90. The van der Waals surface area contributed by atoms with Crippen LogP contribution in [0.5, 0.6) is 0 Å². The van der Waals surface area contributed by atoms with E-state index in [0.717, 1.165) is 36.3 Å². The Kier molecular flexibility index (Phi) is 4.13. The van der Waals surface area contributed by atoms with Crippen molar-refractivity contribution in [2.75, 3.05) is 13.1 Å². The first kappa shape index (κ1) is 16.1. The first-order chi connectivity index (χ1) is 11.5. The summed E-state index contributed by atoms with van der Waals surface area (Å²) in [5.74, 6) is 2.74. The van der Waals surface area contributed by atoms with E-state index < -0.39 is 0 Å². The van der Waals surface area contributed by atoms with Gasteiger partial charge in [0.1, 0.15) is 6.54 Å². The molecule has 0 aromatic carbocycles. The van der Waals surface area contributed by atoms with E-state index in [9.17, 15) is 9.59 Å². The number of hydrogen-bond donors (Lipinski definition) is 1. The van der Waals surface area contributed by atoms with Gasteiger partial charge in [-0.25, -0.2) is 5.43 Å². The van der Waals surface area contributed by atoms with Gasteiger partial charge in [0.25, 0.3) is 5.91 Å². The maximum Gasteiger partial charge on any atom is 0.259 e. The summed E-state index contributed by atoms with van der Waals surface area (Å²) in [5.41, 5.74) is 4.16. The van der Waals surface area contributed by atoms with Gasteiger partial charge in [-0.1, -0.05) is 0 Å². The van der Waals surface area contributed by atoms with Crippen LogP contribution in [0.4, 0.5) is 0 Å². The highest BCUT2D eigenvalue weighted by atomic mass is 16.2. The number of carbonyl (C=O) groups is 2. The molecule has 0 spiro atoms. The van der Waals surface area contributed by atoms with Crippen molar-refractivity contribution in [1.29, 1.82) is 0 Å². The van der Waals surface area contributed by atoms with Gasteiger partial charge in [0.05, 0.1) is 0 Å². The van der Waals surface area contributed by atoms with E-state index in [1.54, 1.807) is 4.90 Å². The van der Waals surface area contributed by atoms with Gasteiger partial charge in [-0.2, -0.15) is 5.10 Å². The average Bonchev–Trinajstić information content (AvgIpc) is 2.88. The zero-order valence-electron chi connectivity index (χ0n) is 14.7. The van der Waals surface area contributed by atoms with Crippen molar-refractivity contribution in [2.45, 2.75) is 64.7 Å². The Morgan fingerprint density at radius 1 is 1.21 bits per heavy atom. The third kappa shape index (κ3) is 3.22. The number of rotatable bonds is 5. The van der Waals surface area contributed by atoms with Gasteiger partial charge in [-0.3, -0.25) is 9.59 Å². The molecular weight excluding hydrogens is 302 g/mol. The fourth-order valence-corrected chi connectivity index (χ4v) is 6.33. The zero-order chi connectivity index (χ0) is 16.7. The zero-order valence-corrected chi connectivity index (χ0v) is 14.7. The van der Waals surface area contributed by atoms with Crippen LogP contribution < -0.4 is 5.43 Å². The van der Waals surface area contributed by atoms with E-state index in [-0.39, 0.29) is 18.4 Å². The molecule has 0 aromatic heterocycles. The minimum absolute atomic E-state index is 0.0828. The highest BCUT2D eigenvalue weighted by Gasteiger charge is 2.50. The monoisotopic (exact) mass is 331 g/mol. The maximum absolute atomic E-state index is 12.0. The SMILES string of the molecule is CC(CC12CC3CC(CC(C3)C1)C2)=NNC(=O)CN1CCCC1=O. The van der Waals surface area contributed by atoms with Gasteiger partial charge >= 0.3 is 0 Å². The first-order valence-electron chi connectivity index (χ1n) is 9.61. The van der Waals surface area contributed by atoms with E-state index in [4.69, 9.17) is 0 Å². The molecule has 0 aromatic rings. The molecule has 0 radical (unpaired) electrons. The Labute approximate surface area is 144 Å². The van der Waals surface area contributed by atoms with Gasteiger partial charge in [-0.05, 0) is 81.5 Å². The summed E-state index contributed by atoms with van der Waals surface area (Å²) in [6.45, 7) is 2.88. The summed E-state index contributed by atoms with van der Waals surface area (Å²) in [5, 5.41) is 4.35. The van der Waals surface area contributed by atoms with E-state index in [2.05, 4.69) is 10.5 Å². The molecule has 0 atom stereocenters. The summed E-state index contributed by atoms with van der Waals surface area (Å²) < 4.78 is 0. The van der Waals surface area contributed by atoms with Gasteiger partial charge in [-0.15, -0.1) is 0 Å². The largest absolute Gasteiger partial charge is 0.333 e. The molecule has 132 valence electrons. The van der Waals surface area contributed by atoms with Crippen LogP contribution in [-0.2, 0) is 9.59 Å². The van der Waals surface area contributed by atoms with Crippen LogP contribution in [0.1, 0.15) is 64.7 Å². The predicted octanol–water partition coefficient (Wildman–Crippen LogP) is 2.71. The highest BCUT2D eigenvalue weighted by molar-refractivity contribution is 5.88. The molecule has 4 bridgehead atoms. The molecule has 0 unspecified atom stereocenters. The lowest BCUT2D eigenvalue weighted by Crippen LogP contribution is -2.46. The minimum atomic E-state index is -0.171. The number of likely N-dealkylation sites (tertiary alicyclic amines) is 1. The number of amides is 2. The maximum atomic E-state index is 12.0. The Morgan fingerprint density at radius 3 is 2.38 bits per heavy atom. The molecule has 1 saturated heterocycles. The number of nitrogens with one attached hydrogen (secondary N) is 1. The van der Waals surface area contributed by atoms with Gasteiger partial charge in [0, 0.05) is 18.7 Å². The highest BCUT2D eigenvalue weighted by Crippen LogP contribution is 2.61. The van der Waals surface area contributed by atoms with Crippen LogP contribution in [0.3, 0.4) is 0 Å². The molecular formula is C19H29N3O2. The molecule has 4 saturated carbocycles. The van der Waals surface area contributed by atoms with Crippen LogP contribution in [0.15, 0.2) is 5.10 Å². The predicted molar refractivity (Wildman–Crippen MR) is 92.3 cm³/mol. The quantitative estimate of drug-likeness (QED) is 0.622. The lowest BCUT2D eigenvalue weighted by atomic mass is 9.48. The molecule has 5 aliphatic rings. The van der Waals surface area contributed by atoms with E-state index in [0.29, 0.717) is 18.4 Å². The second-order valence-corrected chi connectivity index (χ2v) is 8.90. The van der Waals surface area contributed by atoms with Crippen LogP contribution in [0.25, 0.3) is 0 Å². The van der Waals surface area contributed by atoms with Gasteiger partial charge in [0.15, 0.2) is 0 Å². The number of hydrogen-bond acceptors (Lipinski definition) is 3. The van der Waals surface area contributed by atoms with Crippen molar-refractivity contribution in [2.24, 2.45) is 28.3 Å². The second kappa shape index (κ2) is 6.16. The number of hydrazone groups is 1. The Morgan fingerprint density at radius 2 is 1.83 bits per heavy atom. The molecule has 24 heavy (non-hydrogen) atoms. The van der Waals surface area contributed by atoms with E-state index >= 15 is 0 Å². The number of nitrogens with zero attached hydrogens (tertiary/aromatic N) is 2. The first-order valence-corrected chi connectivity index (χ1v) is 9.61. The van der Waals surface area contributed by atoms with Gasteiger partial charge in [0.2, 0.25) is 5.91 Å². The van der Waals surface area contributed by atoms with Crippen LogP contribution in [0.2, 0.25) is 0 Å². The smallest absolute Gasteiger partial charge is 0.259 e. The summed E-state index contributed by atoms with van der Waals surface area (Å²) in [6, 6.07) is 0. The average molecular weight is 331 g/mol. The molecule has 1 aliphatic heterocycles. The summed E-state index contributed by atoms with van der Waals surface area (Å²) in [7, 11) is 0. The summed E-state index contributed by atoms with van der Waals surface area (Å²) in [6.07, 6.45) is 10.9. The Hall–Kier alpha value is -1.39. The molecule has 2 amide bonds. The third-order valence-electron chi connectivity index (χ3n) is 6.67. The van der Waals surface area contributed by atoms with E-state index in [1.165, 1.54) is 38.5 Å². The van der Waals surface area contributed by atoms with Crippen molar-refractivity contribution in [3.63, 3.8) is 0 Å². The number of carbonyl (C=O) groups excluding carboxylic acids is 2. The summed E-state index contributed by atoms with van der Waals surface area (Å²) >= 11 is 0. The molecule has 4 aliphatic carbocycles. The molecule has 5 heteroatoms. The van der Waals surface area contributed by atoms with Crippen molar-refractivity contribution in [3.05, 3.63) is 0 Å². The van der Waals surface area contributed by atoms with Crippen molar-refractivity contribution >= 4 is 17.5 Å². The van der Waals surface area contributed by atoms with Crippen LogP contribution in [0, 0.1) is 23.2 Å². The van der Waals surface area contributed by atoms with Crippen molar-refractivity contribution in [1.82, 2.24) is 10.3 Å². The lowest BCUT2D eigenvalue weighted by Gasteiger charge is -2.57. The summed E-state index contributed by atoms with van der Waals surface area (Å²) in [4.78, 5) is 25.2. The normalized spacial score (nSPS) is 38.0. The fraction of sp³-hybridized carbons (Fsp3) is 0.842.